The Balaban J connectivity index is 4.83. The molecule has 0 aromatic rings. The summed E-state index contributed by atoms with van der Waals surface area (Å²) in [5, 5.41) is 17.6. The van der Waals surface area contributed by atoms with Crippen LogP contribution in [0, 0.1) is 0 Å². The first-order valence-corrected chi connectivity index (χ1v) is 16.9. The smallest absolute Gasteiger partial charge is 0.353 e. The number of aliphatic carboxylic acids is 1. The average Bonchev–Trinajstić information content (AvgIpc) is 2.89. The number of unbranched alkanes of at least 4 members (excludes halogenated alkanes) is 14. The number of aliphatic hydroxyl groups is 1. The zero-order valence-corrected chi connectivity index (χ0v) is 26.0. The van der Waals surface area contributed by atoms with Crippen LogP contribution in [0.4, 0.5) is 0 Å². The minimum atomic E-state index is -2.62. The summed E-state index contributed by atoms with van der Waals surface area (Å²) in [5.41, 5.74) is 0. The summed E-state index contributed by atoms with van der Waals surface area (Å²) in [6.45, 7) is 8.50. The van der Waals surface area contributed by atoms with E-state index in [1.165, 1.54) is 89.9 Å². The average molecular weight is 565 g/mol. The number of carboxylic acids is 1. The van der Waals surface area contributed by atoms with Gasteiger partial charge in [0.05, 0.1) is 6.10 Å². The van der Waals surface area contributed by atoms with E-state index in [2.05, 4.69) is 13.8 Å². The lowest BCUT2D eigenvalue weighted by molar-refractivity contribution is -0.230. The fourth-order valence-corrected chi connectivity index (χ4v) is 5.99. The lowest BCUT2D eigenvalue weighted by atomic mass is 10.1. The second kappa shape index (κ2) is 24.8. The predicted molar refractivity (Wildman–Crippen MR) is 157 cm³/mol. The number of carboxylic acid groups (broad SMARTS) is 1. The maximum Gasteiger partial charge on any atom is 0.353 e. The third kappa shape index (κ3) is 17.9. The number of rotatable bonds is 28. The maximum absolute atomic E-state index is 11.7. The van der Waals surface area contributed by atoms with E-state index in [1.807, 2.05) is 25.6 Å². The Morgan fingerprint density at radius 2 is 1.30 bits per heavy atom. The molecule has 4 unspecified atom stereocenters. The van der Waals surface area contributed by atoms with Crippen molar-refractivity contribution >= 4 is 26.2 Å². The SMILES string of the molecule is CCCCCCCCCCCSC(CCCCCCCCC)C(C)OC(OCCC)C(O)(P=O)C(=O)O. The summed E-state index contributed by atoms with van der Waals surface area (Å²) >= 11 is 1.88. The molecule has 0 aliphatic carbocycles. The van der Waals surface area contributed by atoms with Gasteiger partial charge in [0, 0.05) is 11.9 Å². The molecule has 220 valence electrons. The predicted octanol–water partition coefficient (Wildman–Crippen LogP) is 8.98. The van der Waals surface area contributed by atoms with Crippen LogP contribution in [0.25, 0.3) is 0 Å². The molecule has 0 aliphatic rings. The molecule has 2 N–H and O–H groups in total. The lowest BCUT2D eigenvalue weighted by Crippen LogP contribution is -2.50. The molecule has 0 amide bonds. The Morgan fingerprint density at radius 1 is 0.811 bits per heavy atom. The van der Waals surface area contributed by atoms with Crippen LogP contribution >= 0.6 is 20.2 Å². The maximum atomic E-state index is 11.7. The molecule has 8 heteroatoms. The van der Waals surface area contributed by atoms with Crippen molar-refractivity contribution in [3.8, 4) is 0 Å². The van der Waals surface area contributed by atoms with Crippen molar-refractivity contribution < 1.29 is 29.0 Å². The van der Waals surface area contributed by atoms with Crippen LogP contribution in [0.15, 0.2) is 0 Å². The van der Waals surface area contributed by atoms with Gasteiger partial charge in [0.15, 0.2) is 0 Å². The third-order valence-corrected chi connectivity index (χ3v) is 9.04. The van der Waals surface area contributed by atoms with E-state index in [9.17, 15) is 19.6 Å². The van der Waals surface area contributed by atoms with Gasteiger partial charge in [0.2, 0.25) is 14.8 Å². The Hall–Kier alpha value is -0.200. The Bertz CT molecular complexity index is 552. The molecule has 0 heterocycles. The summed E-state index contributed by atoms with van der Waals surface area (Å²) in [5.74, 6) is -0.572. The van der Waals surface area contributed by atoms with E-state index in [0.717, 1.165) is 25.0 Å². The molecule has 0 spiro atoms. The molecule has 0 bridgehead atoms. The second-order valence-corrected chi connectivity index (χ2v) is 12.5. The van der Waals surface area contributed by atoms with E-state index >= 15 is 0 Å². The molecule has 0 saturated heterocycles. The van der Waals surface area contributed by atoms with Crippen molar-refractivity contribution in [2.45, 2.75) is 166 Å². The third-order valence-electron chi connectivity index (χ3n) is 6.79. The van der Waals surface area contributed by atoms with Crippen molar-refractivity contribution in [1.29, 1.82) is 0 Å². The Morgan fingerprint density at radius 3 is 1.76 bits per heavy atom. The van der Waals surface area contributed by atoms with Crippen LogP contribution in [-0.2, 0) is 18.8 Å². The van der Waals surface area contributed by atoms with Gasteiger partial charge in [-0.2, -0.15) is 11.8 Å². The summed E-state index contributed by atoms with van der Waals surface area (Å²) < 4.78 is 23.2. The number of thioether (sulfide) groups is 1. The molecule has 0 aromatic carbocycles. The van der Waals surface area contributed by atoms with Crippen molar-refractivity contribution in [2.75, 3.05) is 12.4 Å². The van der Waals surface area contributed by atoms with Crippen molar-refractivity contribution in [3.63, 3.8) is 0 Å². The van der Waals surface area contributed by atoms with Gasteiger partial charge in [-0.15, -0.1) is 0 Å². The van der Waals surface area contributed by atoms with E-state index in [-0.39, 0.29) is 18.0 Å². The zero-order valence-electron chi connectivity index (χ0n) is 24.3. The van der Waals surface area contributed by atoms with Gasteiger partial charge in [-0.3, -0.25) is 4.57 Å². The van der Waals surface area contributed by atoms with Gasteiger partial charge < -0.3 is 19.7 Å². The topological polar surface area (TPSA) is 93.1 Å². The first-order valence-electron chi connectivity index (χ1n) is 15.1. The van der Waals surface area contributed by atoms with Gasteiger partial charge in [0.1, 0.15) is 0 Å². The molecule has 0 fully saturated rings. The van der Waals surface area contributed by atoms with Gasteiger partial charge in [-0.25, -0.2) is 4.79 Å². The van der Waals surface area contributed by atoms with Crippen molar-refractivity contribution in [2.24, 2.45) is 0 Å². The fraction of sp³-hybridized carbons (Fsp3) is 0.966. The van der Waals surface area contributed by atoms with Crippen LogP contribution in [0.3, 0.4) is 0 Å². The van der Waals surface area contributed by atoms with E-state index in [0.29, 0.717) is 6.42 Å². The zero-order chi connectivity index (χ0) is 27.8. The summed E-state index contributed by atoms with van der Waals surface area (Å²) in [6, 6.07) is 0. The van der Waals surface area contributed by atoms with Crippen molar-refractivity contribution in [3.05, 3.63) is 0 Å². The quantitative estimate of drug-likeness (QED) is 0.0556. The normalized spacial score (nSPS) is 15.9. The molecule has 0 aliphatic heterocycles. The first kappa shape index (κ1) is 36.8. The number of ether oxygens (including phenoxy) is 2. The van der Waals surface area contributed by atoms with Crippen LogP contribution in [0.2, 0.25) is 0 Å². The van der Waals surface area contributed by atoms with E-state index in [4.69, 9.17) is 9.47 Å². The van der Waals surface area contributed by atoms with Crippen molar-refractivity contribution in [1.82, 2.24) is 0 Å². The summed E-state index contributed by atoms with van der Waals surface area (Å²) in [7, 11) is -0.938. The van der Waals surface area contributed by atoms with Gasteiger partial charge >= 0.3 is 5.97 Å². The molecule has 0 aromatic heterocycles. The molecule has 0 saturated carbocycles. The van der Waals surface area contributed by atoms with Gasteiger partial charge in [-0.05, 0) is 31.9 Å². The van der Waals surface area contributed by atoms with Gasteiger partial charge in [-0.1, -0.05) is 117 Å². The monoisotopic (exact) mass is 564 g/mol. The molecule has 37 heavy (non-hydrogen) atoms. The number of hydrogen-bond acceptors (Lipinski definition) is 6. The van der Waals surface area contributed by atoms with Crippen LogP contribution in [-0.4, -0.2) is 51.5 Å². The molecular formula is C29H57O6PS. The molecule has 4 atom stereocenters. The minimum Gasteiger partial charge on any atom is -0.478 e. The molecule has 0 rings (SSSR count). The highest BCUT2D eigenvalue weighted by atomic mass is 32.2. The summed E-state index contributed by atoms with van der Waals surface area (Å²) in [6.07, 6.45) is 20.1. The number of carbonyl (C=O) groups is 1. The van der Waals surface area contributed by atoms with Crippen LogP contribution in [0.1, 0.15) is 143 Å². The summed E-state index contributed by atoms with van der Waals surface area (Å²) in [4.78, 5) is 11.7. The first-order chi connectivity index (χ1) is 17.9. The largest absolute Gasteiger partial charge is 0.478 e. The molecule has 0 radical (unpaired) electrons. The second-order valence-electron chi connectivity index (χ2n) is 10.3. The van der Waals surface area contributed by atoms with Gasteiger partial charge in [0.25, 0.3) is 5.34 Å². The highest BCUT2D eigenvalue weighted by Gasteiger charge is 2.49. The van der Waals surface area contributed by atoms with E-state index in [1.54, 1.807) is 0 Å². The Kier molecular flexibility index (Phi) is 24.7. The number of hydrogen-bond donors (Lipinski definition) is 2. The fourth-order valence-electron chi connectivity index (χ4n) is 4.34. The van der Waals surface area contributed by atoms with Crippen LogP contribution in [0.5, 0.6) is 0 Å². The molecular weight excluding hydrogens is 507 g/mol. The standard InChI is InChI=1S/C29H57O6PS/c1-5-8-10-12-14-15-17-19-21-24-37-26(22-20-18-16-13-11-9-6-2)25(4)35-28(34-23-7-3)29(32,36-33)27(30)31/h25-26,28,32H,5-24H2,1-4H3,(H,30,31). The van der Waals surface area contributed by atoms with E-state index < -0.39 is 26.1 Å². The minimum absolute atomic E-state index is 0.166. The van der Waals surface area contributed by atoms with Crippen LogP contribution < -0.4 is 0 Å². The molecule has 6 nitrogen and oxygen atoms in total. The lowest BCUT2D eigenvalue weighted by Gasteiger charge is -2.32. The Labute approximate surface area is 233 Å². The highest BCUT2D eigenvalue weighted by molar-refractivity contribution is 7.99. The highest BCUT2D eigenvalue weighted by Crippen LogP contribution is 2.32.